The van der Waals surface area contributed by atoms with Crippen molar-refractivity contribution in [3.05, 3.63) is 18.2 Å². The predicted octanol–water partition coefficient (Wildman–Crippen LogP) is 1.10. The maximum Gasteiger partial charge on any atom is 0.248 e. The van der Waals surface area contributed by atoms with Gasteiger partial charge in [-0.1, -0.05) is 13.8 Å². The van der Waals surface area contributed by atoms with Crippen LogP contribution in [0.25, 0.3) is 0 Å². The first-order valence-corrected chi connectivity index (χ1v) is 8.21. The van der Waals surface area contributed by atoms with Crippen molar-refractivity contribution >= 4 is 5.91 Å². The first kappa shape index (κ1) is 15.5. The number of nitrogens with zero attached hydrogens (tertiary/aromatic N) is 3. The number of fused-ring (bicyclic) bond motifs is 2. The zero-order valence-corrected chi connectivity index (χ0v) is 13.5. The Morgan fingerprint density at radius 1 is 1.50 bits per heavy atom. The van der Waals surface area contributed by atoms with Crippen LogP contribution in [0.3, 0.4) is 0 Å². The molecule has 0 radical (unpaired) electrons. The Hall–Kier alpha value is -1.40. The van der Waals surface area contributed by atoms with Gasteiger partial charge in [0.2, 0.25) is 5.91 Å². The second-order valence-corrected chi connectivity index (χ2v) is 6.93. The van der Waals surface area contributed by atoms with Crippen molar-refractivity contribution in [2.24, 2.45) is 11.7 Å². The van der Waals surface area contributed by atoms with Crippen molar-refractivity contribution in [2.45, 2.75) is 51.4 Å². The average molecular weight is 306 g/mol. The van der Waals surface area contributed by atoms with E-state index in [4.69, 9.17) is 10.5 Å². The number of nitrogens with two attached hydrogens (primary N) is 1. The molecule has 2 aliphatic heterocycles. The van der Waals surface area contributed by atoms with E-state index in [0.29, 0.717) is 6.54 Å². The smallest absolute Gasteiger partial charge is 0.248 e. The van der Waals surface area contributed by atoms with Crippen LogP contribution in [0, 0.1) is 5.92 Å². The summed E-state index contributed by atoms with van der Waals surface area (Å²) in [6.07, 6.45) is 6.10. The van der Waals surface area contributed by atoms with E-state index in [1.807, 2.05) is 10.8 Å². The molecule has 1 aromatic heterocycles. The molecule has 0 aliphatic carbocycles. The number of hydrogen-bond acceptors (Lipinski definition) is 4. The fourth-order valence-corrected chi connectivity index (χ4v) is 3.46. The van der Waals surface area contributed by atoms with Gasteiger partial charge in [0.05, 0.1) is 6.54 Å². The van der Waals surface area contributed by atoms with E-state index in [1.165, 1.54) is 6.42 Å². The van der Waals surface area contributed by atoms with Crippen LogP contribution in [0.5, 0.6) is 0 Å². The minimum atomic E-state index is -0.552. The van der Waals surface area contributed by atoms with Crippen LogP contribution in [0.2, 0.25) is 0 Å². The molecular formula is C16H26N4O2. The van der Waals surface area contributed by atoms with Crippen molar-refractivity contribution in [3.63, 3.8) is 0 Å². The standard InChI is InChI=1S/C16H26N4O2/c1-12(2)3-7-19-8-4-16(5-9-19)15-18-6-10-20(15)11-13(22-16)14(17)21/h6,10,12-13H,3-5,7-9,11H2,1-2H3,(H2,17,21)/t13-/m1/s1. The van der Waals surface area contributed by atoms with Crippen molar-refractivity contribution < 1.29 is 9.53 Å². The molecule has 0 bridgehead atoms. The third kappa shape index (κ3) is 2.90. The minimum Gasteiger partial charge on any atom is -0.367 e. The van der Waals surface area contributed by atoms with Gasteiger partial charge < -0.3 is 19.9 Å². The molecule has 1 amide bonds. The Bertz CT molecular complexity index is 532. The van der Waals surface area contributed by atoms with E-state index in [9.17, 15) is 4.79 Å². The topological polar surface area (TPSA) is 73.4 Å². The van der Waals surface area contributed by atoms with Crippen LogP contribution in [-0.2, 0) is 21.7 Å². The molecule has 1 aromatic rings. The molecule has 0 aromatic carbocycles. The minimum absolute atomic E-state index is 0.388. The number of piperidine rings is 1. The van der Waals surface area contributed by atoms with Crippen LogP contribution in [-0.4, -0.2) is 46.1 Å². The highest BCUT2D eigenvalue weighted by molar-refractivity contribution is 5.79. The summed E-state index contributed by atoms with van der Waals surface area (Å²) in [5, 5.41) is 0. The maximum absolute atomic E-state index is 11.6. The Morgan fingerprint density at radius 3 is 2.86 bits per heavy atom. The van der Waals surface area contributed by atoms with Gasteiger partial charge in [0.25, 0.3) is 0 Å². The number of aromatic nitrogens is 2. The molecule has 6 heteroatoms. The number of carbonyl (C=O) groups excluding carboxylic acids is 1. The normalized spacial score (nSPS) is 24.6. The summed E-state index contributed by atoms with van der Waals surface area (Å²) in [4.78, 5) is 18.6. The van der Waals surface area contributed by atoms with Crippen molar-refractivity contribution in [3.8, 4) is 0 Å². The lowest BCUT2D eigenvalue weighted by molar-refractivity contribution is -0.171. The molecule has 2 aliphatic rings. The van der Waals surface area contributed by atoms with E-state index in [2.05, 4.69) is 23.7 Å². The molecule has 0 unspecified atom stereocenters. The number of hydrogen-bond donors (Lipinski definition) is 1. The van der Waals surface area contributed by atoms with Gasteiger partial charge in [0.1, 0.15) is 11.4 Å². The van der Waals surface area contributed by atoms with Gasteiger partial charge in [0, 0.05) is 25.5 Å². The molecule has 1 atom stereocenters. The number of ether oxygens (including phenoxy) is 1. The summed E-state index contributed by atoms with van der Waals surface area (Å²) in [6.45, 7) is 8.06. The van der Waals surface area contributed by atoms with E-state index in [1.54, 1.807) is 6.20 Å². The van der Waals surface area contributed by atoms with Gasteiger partial charge in [-0.2, -0.15) is 0 Å². The molecular weight excluding hydrogens is 280 g/mol. The number of rotatable bonds is 4. The van der Waals surface area contributed by atoms with Gasteiger partial charge in [0.15, 0.2) is 6.10 Å². The monoisotopic (exact) mass is 306 g/mol. The van der Waals surface area contributed by atoms with Gasteiger partial charge in [-0.25, -0.2) is 4.98 Å². The van der Waals surface area contributed by atoms with Gasteiger partial charge >= 0.3 is 0 Å². The zero-order chi connectivity index (χ0) is 15.7. The zero-order valence-electron chi connectivity index (χ0n) is 13.5. The van der Waals surface area contributed by atoms with E-state index in [-0.39, 0.29) is 5.91 Å². The summed E-state index contributed by atoms with van der Waals surface area (Å²) < 4.78 is 8.18. The predicted molar refractivity (Wildman–Crippen MR) is 83.1 cm³/mol. The Balaban J connectivity index is 1.73. The fraction of sp³-hybridized carbons (Fsp3) is 0.750. The highest BCUT2D eigenvalue weighted by Gasteiger charge is 2.46. The Labute approximate surface area is 131 Å². The molecule has 0 saturated carbocycles. The van der Waals surface area contributed by atoms with Crippen LogP contribution < -0.4 is 5.73 Å². The molecule has 1 fully saturated rings. The second kappa shape index (κ2) is 6.01. The quantitative estimate of drug-likeness (QED) is 0.904. The molecule has 6 nitrogen and oxygen atoms in total. The number of carbonyl (C=O) groups is 1. The fourth-order valence-electron chi connectivity index (χ4n) is 3.46. The molecule has 2 N–H and O–H groups in total. The maximum atomic E-state index is 11.6. The van der Waals surface area contributed by atoms with Gasteiger partial charge in [-0.05, 0) is 31.7 Å². The van der Waals surface area contributed by atoms with Crippen LogP contribution in [0.1, 0.15) is 38.9 Å². The first-order chi connectivity index (χ1) is 10.5. The summed E-state index contributed by atoms with van der Waals surface area (Å²) in [5.74, 6) is 1.29. The third-order valence-electron chi connectivity index (χ3n) is 4.86. The van der Waals surface area contributed by atoms with E-state index >= 15 is 0 Å². The van der Waals surface area contributed by atoms with Crippen LogP contribution in [0.15, 0.2) is 12.4 Å². The lowest BCUT2D eigenvalue weighted by Gasteiger charge is -2.45. The average Bonchev–Trinajstić information content (AvgIpc) is 2.96. The Morgan fingerprint density at radius 2 is 2.23 bits per heavy atom. The molecule has 1 saturated heterocycles. The van der Waals surface area contributed by atoms with Crippen molar-refractivity contribution in [1.29, 1.82) is 0 Å². The van der Waals surface area contributed by atoms with Crippen LogP contribution in [0.4, 0.5) is 0 Å². The number of amides is 1. The molecule has 122 valence electrons. The summed E-state index contributed by atoms with van der Waals surface area (Å²) in [7, 11) is 0. The van der Waals surface area contributed by atoms with Crippen molar-refractivity contribution in [1.82, 2.24) is 14.5 Å². The van der Waals surface area contributed by atoms with Gasteiger partial charge in [-0.3, -0.25) is 4.79 Å². The largest absolute Gasteiger partial charge is 0.367 e. The highest BCUT2D eigenvalue weighted by atomic mass is 16.5. The second-order valence-electron chi connectivity index (χ2n) is 6.93. The lowest BCUT2D eigenvalue weighted by atomic mass is 9.88. The molecule has 3 rings (SSSR count). The highest BCUT2D eigenvalue weighted by Crippen LogP contribution is 2.40. The Kier molecular flexibility index (Phi) is 4.23. The van der Waals surface area contributed by atoms with Crippen LogP contribution >= 0.6 is 0 Å². The molecule has 3 heterocycles. The first-order valence-electron chi connectivity index (χ1n) is 8.21. The summed E-state index contributed by atoms with van der Waals surface area (Å²) in [6, 6.07) is 0. The SMILES string of the molecule is CC(C)CCN1CCC2(CC1)O[C@@H](C(N)=O)Cn1ccnc12. The third-order valence-corrected chi connectivity index (χ3v) is 4.86. The lowest BCUT2D eigenvalue weighted by Crippen LogP contribution is -2.53. The molecule has 22 heavy (non-hydrogen) atoms. The van der Waals surface area contributed by atoms with Gasteiger partial charge in [-0.15, -0.1) is 0 Å². The molecule has 1 spiro atoms. The summed E-state index contributed by atoms with van der Waals surface area (Å²) in [5.41, 5.74) is 5.03. The number of likely N-dealkylation sites (tertiary alicyclic amines) is 1. The van der Waals surface area contributed by atoms with E-state index < -0.39 is 11.7 Å². The summed E-state index contributed by atoms with van der Waals surface area (Å²) >= 11 is 0. The number of imidazole rings is 1. The van der Waals surface area contributed by atoms with E-state index in [0.717, 1.165) is 44.2 Å². The number of primary amides is 1. The van der Waals surface area contributed by atoms with Crippen molar-refractivity contribution in [2.75, 3.05) is 19.6 Å².